The highest BCUT2D eigenvalue weighted by Gasteiger charge is 2.03. The highest BCUT2D eigenvalue weighted by atomic mass is 127. The Morgan fingerprint density at radius 2 is 2.26 bits per heavy atom. The molecule has 0 atom stereocenters. The van der Waals surface area contributed by atoms with Crippen molar-refractivity contribution >= 4 is 29.9 Å². The van der Waals surface area contributed by atoms with E-state index >= 15 is 0 Å². The van der Waals surface area contributed by atoms with Crippen LogP contribution in [0.1, 0.15) is 32.3 Å². The highest BCUT2D eigenvalue weighted by Crippen LogP contribution is 2.14. The summed E-state index contributed by atoms with van der Waals surface area (Å²) in [4.78, 5) is 8.44. The van der Waals surface area contributed by atoms with Crippen molar-refractivity contribution in [3.8, 4) is 5.88 Å². The van der Waals surface area contributed by atoms with E-state index < -0.39 is 0 Å². The fourth-order valence-corrected chi connectivity index (χ4v) is 1.43. The quantitative estimate of drug-likeness (QED) is 0.331. The summed E-state index contributed by atoms with van der Waals surface area (Å²) in [6.45, 7) is 6.00. The number of halogens is 1. The lowest BCUT2D eigenvalue weighted by Crippen LogP contribution is -2.32. The molecular weight excluding hydrogens is 355 g/mol. The van der Waals surface area contributed by atoms with E-state index in [-0.39, 0.29) is 24.0 Å². The van der Waals surface area contributed by atoms with E-state index in [2.05, 4.69) is 22.2 Å². The van der Waals surface area contributed by atoms with Gasteiger partial charge in [-0.25, -0.2) is 9.98 Å². The molecule has 3 N–H and O–H groups in total. The Morgan fingerprint density at radius 3 is 2.95 bits per heavy atom. The lowest BCUT2D eigenvalue weighted by Gasteiger charge is -2.07. The molecule has 0 radical (unpaired) electrons. The topological polar surface area (TPSA) is 72.5 Å². The monoisotopic (exact) mass is 378 g/mol. The van der Waals surface area contributed by atoms with Crippen LogP contribution in [0.4, 0.5) is 0 Å². The van der Waals surface area contributed by atoms with E-state index in [1.807, 2.05) is 19.1 Å². The predicted molar refractivity (Wildman–Crippen MR) is 89.1 cm³/mol. The second-order valence-electron chi connectivity index (χ2n) is 3.88. The van der Waals surface area contributed by atoms with Crippen LogP contribution in [0.2, 0.25) is 0 Å². The number of aliphatic imine (C=N–C) groups is 1. The second kappa shape index (κ2) is 10.8. The molecule has 0 aliphatic rings. The SMILES string of the molecule is CCCCNC(N)=NCc1cccnc1OCC.I. The van der Waals surface area contributed by atoms with Crippen LogP contribution in [0.5, 0.6) is 5.88 Å². The lowest BCUT2D eigenvalue weighted by molar-refractivity contribution is 0.323. The minimum atomic E-state index is 0. The molecule has 0 spiro atoms. The molecule has 19 heavy (non-hydrogen) atoms. The van der Waals surface area contributed by atoms with Gasteiger partial charge in [0, 0.05) is 18.3 Å². The van der Waals surface area contributed by atoms with Crippen LogP contribution in [-0.4, -0.2) is 24.1 Å². The Bertz CT molecular complexity index is 385. The molecule has 0 aromatic carbocycles. The lowest BCUT2D eigenvalue weighted by atomic mass is 10.3. The van der Waals surface area contributed by atoms with Crippen molar-refractivity contribution in [1.29, 1.82) is 0 Å². The first kappa shape index (κ1) is 17.9. The number of unbranched alkanes of at least 4 members (excludes halogenated alkanes) is 1. The number of aromatic nitrogens is 1. The maximum Gasteiger partial charge on any atom is 0.218 e. The molecule has 0 unspecified atom stereocenters. The smallest absolute Gasteiger partial charge is 0.218 e. The molecule has 0 aliphatic heterocycles. The molecule has 1 heterocycles. The van der Waals surface area contributed by atoms with Crippen LogP contribution in [0.15, 0.2) is 23.3 Å². The second-order valence-corrected chi connectivity index (χ2v) is 3.88. The molecular formula is C13H23IN4O. The zero-order valence-electron chi connectivity index (χ0n) is 11.6. The zero-order valence-corrected chi connectivity index (χ0v) is 13.9. The number of hydrogen-bond acceptors (Lipinski definition) is 3. The largest absolute Gasteiger partial charge is 0.478 e. The molecule has 6 heteroatoms. The van der Waals surface area contributed by atoms with Crippen molar-refractivity contribution in [3.63, 3.8) is 0 Å². The summed E-state index contributed by atoms with van der Waals surface area (Å²) in [5.41, 5.74) is 6.71. The van der Waals surface area contributed by atoms with Gasteiger partial charge in [0.1, 0.15) is 0 Å². The maximum atomic E-state index is 5.76. The maximum absolute atomic E-state index is 5.76. The van der Waals surface area contributed by atoms with Crippen molar-refractivity contribution in [2.75, 3.05) is 13.2 Å². The summed E-state index contributed by atoms with van der Waals surface area (Å²) in [6, 6.07) is 3.81. The molecule has 1 aromatic rings. The molecule has 1 rings (SSSR count). The van der Waals surface area contributed by atoms with E-state index in [1.54, 1.807) is 6.20 Å². The van der Waals surface area contributed by atoms with Gasteiger partial charge in [0.15, 0.2) is 5.96 Å². The molecule has 1 aromatic heterocycles. The summed E-state index contributed by atoms with van der Waals surface area (Å²) in [6.07, 6.45) is 3.94. The number of nitrogens with one attached hydrogen (secondary N) is 1. The standard InChI is InChI=1S/C13H22N4O.HI/c1-3-5-8-16-13(14)17-10-11-7-6-9-15-12(11)18-4-2;/h6-7,9H,3-5,8,10H2,1-2H3,(H3,14,16,17);1H. The Hall–Kier alpha value is -1.05. The number of rotatable bonds is 7. The van der Waals surface area contributed by atoms with Crippen LogP contribution in [-0.2, 0) is 6.54 Å². The molecule has 0 amide bonds. The average Bonchev–Trinajstić information content (AvgIpc) is 2.38. The van der Waals surface area contributed by atoms with Crippen molar-refractivity contribution in [2.24, 2.45) is 10.7 Å². The Morgan fingerprint density at radius 1 is 1.47 bits per heavy atom. The fraction of sp³-hybridized carbons (Fsp3) is 0.538. The van der Waals surface area contributed by atoms with E-state index in [1.165, 1.54) is 0 Å². The molecule has 0 bridgehead atoms. The van der Waals surface area contributed by atoms with Crippen molar-refractivity contribution < 1.29 is 4.74 Å². The van der Waals surface area contributed by atoms with Crippen molar-refractivity contribution in [3.05, 3.63) is 23.9 Å². The third kappa shape index (κ3) is 7.19. The number of guanidine groups is 1. The van der Waals surface area contributed by atoms with Gasteiger partial charge in [-0.15, -0.1) is 24.0 Å². The Balaban J connectivity index is 0.00000324. The van der Waals surface area contributed by atoms with Gasteiger partial charge in [-0.05, 0) is 19.4 Å². The van der Waals surface area contributed by atoms with Gasteiger partial charge in [0.25, 0.3) is 0 Å². The molecule has 0 saturated heterocycles. The van der Waals surface area contributed by atoms with Gasteiger partial charge < -0.3 is 15.8 Å². The number of nitrogens with zero attached hydrogens (tertiary/aromatic N) is 2. The summed E-state index contributed by atoms with van der Waals surface area (Å²) in [7, 11) is 0. The van der Waals surface area contributed by atoms with Crippen LogP contribution < -0.4 is 15.8 Å². The summed E-state index contributed by atoms with van der Waals surface area (Å²) in [5.74, 6) is 1.10. The molecule has 0 saturated carbocycles. The minimum Gasteiger partial charge on any atom is -0.478 e. The van der Waals surface area contributed by atoms with Gasteiger partial charge in [0.05, 0.1) is 13.2 Å². The van der Waals surface area contributed by atoms with Crippen LogP contribution in [0, 0.1) is 0 Å². The predicted octanol–water partition coefficient (Wildman–Crippen LogP) is 2.30. The van der Waals surface area contributed by atoms with Gasteiger partial charge in [-0.2, -0.15) is 0 Å². The van der Waals surface area contributed by atoms with Crippen LogP contribution in [0.3, 0.4) is 0 Å². The van der Waals surface area contributed by atoms with E-state index in [4.69, 9.17) is 10.5 Å². The van der Waals surface area contributed by atoms with Crippen LogP contribution >= 0.6 is 24.0 Å². The first-order valence-corrected chi connectivity index (χ1v) is 6.38. The van der Waals surface area contributed by atoms with Crippen molar-refractivity contribution in [1.82, 2.24) is 10.3 Å². The van der Waals surface area contributed by atoms with Gasteiger partial charge in [0.2, 0.25) is 5.88 Å². The third-order valence-corrected chi connectivity index (χ3v) is 2.39. The molecule has 0 fully saturated rings. The number of nitrogens with two attached hydrogens (primary N) is 1. The first-order valence-electron chi connectivity index (χ1n) is 6.38. The minimum absolute atomic E-state index is 0. The Labute approximate surface area is 132 Å². The fourth-order valence-electron chi connectivity index (χ4n) is 1.43. The summed E-state index contributed by atoms with van der Waals surface area (Å²) < 4.78 is 5.43. The average molecular weight is 378 g/mol. The number of hydrogen-bond donors (Lipinski definition) is 2. The summed E-state index contributed by atoms with van der Waals surface area (Å²) in [5, 5.41) is 3.07. The number of ether oxygens (including phenoxy) is 1. The van der Waals surface area contributed by atoms with Gasteiger partial charge >= 0.3 is 0 Å². The van der Waals surface area contributed by atoms with Gasteiger partial charge in [-0.3, -0.25) is 0 Å². The van der Waals surface area contributed by atoms with E-state index in [0.717, 1.165) is 24.9 Å². The first-order chi connectivity index (χ1) is 8.77. The summed E-state index contributed by atoms with van der Waals surface area (Å²) >= 11 is 0. The van der Waals surface area contributed by atoms with E-state index in [9.17, 15) is 0 Å². The zero-order chi connectivity index (χ0) is 13.2. The van der Waals surface area contributed by atoms with Crippen LogP contribution in [0.25, 0.3) is 0 Å². The molecule has 5 nitrogen and oxygen atoms in total. The number of pyridine rings is 1. The van der Waals surface area contributed by atoms with E-state index in [0.29, 0.717) is 25.0 Å². The molecule has 0 aliphatic carbocycles. The third-order valence-electron chi connectivity index (χ3n) is 2.39. The highest BCUT2D eigenvalue weighted by molar-refractivity contribution is 14.0. The van der Waals surface area contributed by atoms with Crippen molar-refractivity contribution in [2.45, 2.75) is 33.2 Å². The van der Waals surface area contributed by atoms with Gasteiger partial charge in [-0.1, -0.05) is 19.4 Å². The molecule has 108 valence electrons. The normalized spacial score (nSPS) is 10.7. The Kier molecular flexibility index (Phi) is 10.2.